The van der Waals surface area contributed by atoms with E-state index in [-0.39, 0.29) is 10.7 Å². The van der Waals surface area contributed by atoms with Crippen LogP contribution in [-0.4, -0.2) is 18.6 Å². The number of rotatable bonds is 3. The Morgan fingerprint density at radius 2 is 1.95 bits per heavy atom. The van der Waals surface area contributed by atoms with Gasteiger partial charge in [-0.15, -0.1) is 5.10 Å². The normalized spacial score (nSPS) is 11.3. The summed E-state index contributed by atoms with van der Waals surface area (Å²) in [6.07, 6.45) is 1.47. The van der Waals surface area contributed by atoms with Gasteiger partial charge in [-0.3, -0.25) is 4.72 Å². The van der Waals surface area contributed by atoms with Gasteiger partial charge in [-0.2, -0.15) is 5.10 Å². The first-order chi connectivity index (χ1) is 8.90. The highest BCUT2D eigenvalue weighted by Gasteiger charge is 2.19. The van der Waals surface area contributed by atoms with Gasteiger partial charge in [0.1, 0.15) is 4.90 Å². The lowest BCUT2D eigenvalue weighted by atomic mass is 10.2. The molecule has 2 rings (SSSR count). The van der Waals surface area contributed by atoms with Gasteiger partial charge < -0.3 is 0 Å². The van der Waals surface area contributed by atoms with Gasteiger partial charge in [0.15, 0.2) is 5.82 Å². The van der Waals surface area contributed by atoms with Crippen LogP contribution in [0.4, 0.5) is 5.82 Å². The molecule has 100 valence electrons. The van der Waals surface area contributed by atoms with Gasteiger partial charge in [-0.25, -0.2) is 8.42 Å². The molecule has 1 aromatic carbocycles. The molecule has 0 spiro atoms. The van der Waals surface area contributed by atoms with Crippen molar-refractivity contribution in [3.05, 3.63) is 45.0 Å². The molecule has 0 aliphatic carbocycles. The average molecular weight is 407 g/mol. The molecule has 0 atom stereocenters. The second kappa shape index (κ2) is 5.56. The van der Waals surface area contributed by atoms with Gasteiger partial charge in [0, 0.05) is 15.1 Å². The molecule has 8 heteroatoms. The Morgan fingerprint density at radius 1 is 1.21 bits per heavy atom. The number of halogens is 2. The highest BCUT2D eigenvalue weighted by Crippen LogP contribution is 2.29. The van der Waals surface area contributed by atoms with Crippen LogP contribution in [0.15, 0.2) is 44.3 Å². The number of nitrogens with one attached hydrogen (secondary N) is 1. The zero-order valence-corrected chi connectivity index (χ0v) is 13.8. The van der Waals surface area contributed by atoms with Crippen molar-refractivity contribution in [3.8, 4) is 0 Å². The van der Waals surface area contributed by atoms with E-state index >= 15 is 0 Å². The maximum absolute atomic E-state index is 12.3. The largest absolute Gasteiger partial charge is 0.264 e. The number of benzene rings is 1. The second-order valence-corrected chi connectivity index (χ2v) is 7.11. The SMILES string of the molecule is Cc1cc(Br)c(S(=O)(=O)Nc2cccnn2)cc1Br. The van der Waals surface area contributed by atoms with Crippen LogP contribution in [0.5, 0.6) is 0 Å². The number of aromatic nitrogens is 2. The Hall–Kier alpha value is -0.990. The summed E-state index contributed by atoms with van der Waals surface area (Å²) < 4.78 is 28.1. The highest BCUT2D eigenvalue weighted by atomic mass is 79.9. The molecule has 0 fully saturated rings. The fraction of sp³-hybridized carbons (Fsp3) is 0.0909. The number of nitrogens with zero attached hydrogens (tertiary/aromatic N) is 2. The number of hydrogen-bond donors (Lipinski definition) is 1. The highest BCUT2D eigenvalue weighted by molar-refractivity contribution is 9.11. The van der Waals surface area contributed by atoms with Crippen molar-refractivity contribution in [1.29, 1.82) is 0 Å². The van der Waals surface area contributed by atoms with Gasteiger partial charge in [0.25, 0.3) is 10.0 Å². The van der Waals surface area contributed by atoms with Crippen LogP contribution in [-0.2, 0) is 10.0 Å². The van der Waals surface area contributed by atoms with Gasteiger partial charge in [0.2, 0.25) is 0 Å². The summed E-state index contributed by atoms with van der Waals surface area (Å²) in [5, 5.41) is 7.31. The predicted octanol–water partition coefficient (Wildman–Crippen LogP) is 3.11. The van der Waals surface area contributed by atoms with E-state index in [2.05, 4.69) is 46.8 Å². The Bertz CT molecular complexity index is 705. The topological polar surface area (TPSA) is 72.0 Å². The molecule has 19 heavy (non-hydrogen) atoms. The minimum Gasteiger partial charge on any atom is -0.262 e. The van der Waals surface area contributed by atoms with Crippen molar-refractivity contribution in [1.82, 2.24) is 10.2 Å². The lowest BCUT2D eigenvalue weighted by molar-refractivity contribution is 0.600. The molecule has 0 saturated heterocycles. The zero-order valence-electron chi connectivity index (χ0n) is 9.76. The van der Waals surface area contributed by atoms with Gasteiger partial charge in [0.05, 0.1) is 0 Å². The molecule has 2 aromatic rings. The fourth-order valence-electron chi connectivity index (χ4n) is 1.38. The molecular weight excluding hydrogens is 398 g/mol. The third kappa shape index (κ3) is 3.31. The molecule has 0 saturated carbocycles. The molecular formula is C11H9Br2N3O2S. The van der Waals surface area contributed by atoms with Crippen molar-refractivity contribution in [2.75, 3.05) is 4.72 Å². The molecule has 1 heterocycles. The van der Waals surface area contributed by atoms with Crippen LogP contribution in [0.3, 0.4) is 0 Å². The zero-order chi connectivity index (χ0) is 14.0. The minimum atomic E-state index is -3.71. The van der Waals surface area contributed by atoms with Crippen molar-refractivity contribution in [2.24, 2.45) is 0 Å². The Balaban J connectivity index is 2.43. The molecule has 0 unspecified atom stereocenters. The Labute approximate surface area is 127 Å². The van der Waals surface area contributed by atoms with E-state index in [1.165, 1.54) is 18.3 Å². The van der Waals surface area contributed by atoms with E-state index in [1.54, 1.807) is 12.1 Å². The number of anilines is 1. The van der Waals surface area contributed by atoms with Crippen molar-refractivity contribution in [2.45, 2.75) is 11.8 Å². The van der Waals surface area contributed by atoms with Crippen LogP contribution in [0.1, 0.15) is 5.56 Å². The summed E-state index contributed by atoms with van der Waals surface area (Å²) in [5.74, 6) is 0.172. The van der Waals surface area contributed by atoms with E-state index < -0.39 is 10.0 Å². The standard InChI is InChI=1S/C11H9Br2N3O2S/c1-7-5-9(13)10(6-8(7)12)19(17,18)16-11-3-2-4-14-15-11/h2-6H,1H3,(H,15,16). The average Bonchev–Trinajstić information content (AvgIpc) is 2.34. The van der Waals surface area contributed by atoms with E-state index in [1.807, 2.05) is 6.92 Å². The smallest absolute Gasteiger partial charge is 0.262 e. The second-order valence-electron chi connectivity index (χ2n) is 3.75. The van der Waals surface area contributed by atoms with Crippen molar-refractivity contribution < 1.29 is 8.42 Å². The number of sulfonamides is 1. The molecule has 0 bridgehead atoms. The Kier molecular flexibility index (Phi) is 4.22. The van der Waals surface area contributed by atoms with Crippen LogP contribution in [0.25, 0.3) is 0 Å². The van der Waals surface area contributed by atoms with E-state index in [0.717, 1.165) is 10.0 Å². The first-order valence-corrected chi connectivity index (χ1v) is 8.23. The van der Waals surface area contributed by atoms with Gasteiger partial charge in [-0.05, 0) is 52.7 Å². The lowest BCUT2D eigenvalue weighted by Crippen LogP contribution is -2.15. The summed E-state index contributed by atoms with van der Waals surface area (Å²) in [5.41, 5.74) is 0.935. The molecule has 0 aliphatic heterocycles. The summed E-state index contributed by atoms with van der Waals surface area (Å²) in [7, 11) is -3.71. The third-order valence-corrected chi connectivity index (χ3v) is 5.48. The first kappa shape index (κ1) is 14.4. The summed E-state index contributed by atoms with van der Waals surface area (Å²) in [6.45, 7) is 1.88. The Morgan fingerprint density at radius 3 is 2.58 bits per heavy atom. The van der Waals surface area contributed by atoms with E-state index in [0.29, 0.717) is 4.47 Å². The predicted molar refractivity (Wildman–Crippen MR) is 79.4 cm³/mol. The van der Waals surface area contributed by atoms with Crippen molar-refractivity contribution >= 4 is 47.7 Å². The minimum absolute atomic E-state index is 0.135. The molecule has 5 nitrogen and oxygen atoms in total. The number of aryl methyl sites for hydroxylation is 1. The fourth-order valence-corrected chi connectivity index (χ4v) is 4.06. The summed E-state index contributed by atoms with van der Waals surface area (Å²) >= 11 is 6.57. The first-order valence-electron chi connectivity index (χ1n) is 5.16. The quantitative estimate of drug-likeness (QED) is 0.849. The molecule has 0 amide bonds. The summed E-state index contributed by atoms with van der Waals surface area (Å²) in [6, 6.07) is 6.40. The summed E-state index contributed by atoms with van der Waals surface area (Å²) in [4.78, 5) is 0.135. The maximum atomic E-state index is 12.3. The molecule has 0 aliphatic rings. The molecule has 0 radical (unpaired) electrons. The van der Waals surface area contributed by atoms with Gasteiger partial charge >= 0.3 is 0 Å². The van der Waals surface area contributed by atoms with E-state index in [4.69, 9.17) is 0 Å². The maximum Gasteiger partial charge on any atom is 0.264 e. The molecule has 1 aromatic heterocycles. The lowest BCUT2D eigenvalue weighted by Gasteiger charge is -2.10. The molecule has 1 N–H and O–H groups in total. The van der Waals surface area contributed by atoms with Crippen LogP contribution in [0, 0.1) is 6.92 Å². The van der Waals surface area contributed by atoms with Crippen LogP contribution in [0.2, 0.25) is 0 Å². The van der Waals surface area contributed by atoms with Gasteiger partial charge in [-0.1, -0.05) is 15.9 Å². The monoisotopic (exact) mass is 405 g/mol. The van der Waals surface area contributed by atoms with Crippen LogP contribution < -0.4 is 4.72 Å². The van der Waals surface area contributed by atoms with Crippen molar-refractivity contribution in [3.63, 3.8) is 0 Å². The van der Waals surface area contributed by atoms with Crippen LogP contribution >= 0.6 is 31.9 Å². The number of hydrogen-bond acceptors (Lipinski definition) is 4. The van der Waals surface area contributed by atoms with E-state index in [9.17, 15) is 8.42 Å². The third-order valence-electron chi connectivity index (χ3n) is 2.31.